The fraction of sp³-hybridized carbons (Fsp3) is 0.875. The van der Waals surface area contributed by atoms with E-state index in [-0.39, 0.29) is 12.5 Å². The minimum absolute atomic E-state index is 0.0553. The van der Waals surface area contributed by atoms with Crippen molar-refractivity contribution in [1.82, 2.24) is 5.32 Å². The molecule has 0 heterocycles. The molecule has 70 valence electrons. The van der Waals surface area contributed by atoms with Crippen LogP contribution >= 0.6 is 0 Å². The summed E-state index contributed by atoms with van der Waals surface area (Å²) in [6.07, 6.45) is 3.76. The van der Waals surface area contributed by atoms with E-state index in [4.69, 9.17) is 10.8 Å². The van der Waals surface area contributed by atoms with Gasteiger partial charge in [-0.05, 0) is 12.8 Å². The maximum absolute atomic E-state index is 10.2. The Labute approximate surface area is 72.1 Å². The molecular formula is C8H16N2O2. The summed E-state index contributed by atoms with van der Waals surface area (Å²) in [6.45, 7) is 0.622. The molecule has 1 fully saturated rings. The van der Waals surface area contributed by atoms with E-state index in [2.05, 4.69) is 5.32 Å². The lowest BCUT2D eigenvalue weighted by Crippen LogP contribution is -2.43. The highest BCUT2D eigenvalue weighted by molar-refractivity contribution is 5.67. The summed E-state index contributed by atoms with van der Waals surface area (Å²) < 4.78 is 0. The second kappa shape index (κ2) is 4.42. The highest BCUT2D eigenvalue weighted by atomic mass is 16.4. The van der Waals surface area contributed by atoms with E-state index in [1.165, 1.54) is 19.3 Å². The number of rotatable bonds is 5. The first kappa shape index (κ1) is 9.48. The average molecular weight is 172 g/mol. The van der Waals surface area contributed by atoms with Gasteiger partial charge >= 0.3 is 5.97 Å². The molecule has 0 aromatic rings. The summed E-state index contributed by atoms with van der Waals surface area (Å²) in [5.74, 6) is -0.821. The molecule has 1 aliphatic rings. The number of aliphatic carboxylic acids is 1. The van der Waals surface area contributed by atoms with Crippen LogP contribution in [0.2, 0.25) is 0 Å². The lowest BCUT2D eigenvalue weighted by Gasteiger charge is -2.27. The largest absolute Gasteiger partial charge is 0.481 e. The van der Waals surface area contributed by atoms with Gasteiger partial charge in [0.1, 0.15) is 0 Å². The van der Waals surface area contributed by atoms with Crippen LogP contribution < -0.4 is 11.1 Å². The molecule has 4 N–H and O–H groups in total. The molecule has 0 spiro atoms. The molecule has 0 aromatic heterocycles. The lowest BCUT2D eigenvalue weighted by molar-refractivity contribution is -0.137. The SMILES string of the molecule is NC(CNC1CCC1)CC(=O)O. The number of carboxylic acid groups (broad SMARTS) is 1. The third-order valence-corrected chi connectivity index (χ3v) is 2.21. The molecule has 1 atom stereocenters. The topological polar surface area (TPSA) is 75.3 Å². The predicted octanol–water partition coefficient (Wildman–Crippen LogP) is -0.0695. The molecule has 4 nitrogen and oxygen atoms in total. The molecule has 0 saturated heterocycles. The van der Waals surface area contributed by atoms with Gasteiger partial charge in [0.2, 0.25) is 0 Å². The van der Waals surface area contributed by atoms with Crippen molar-refractivity contribution in [3.8, 4) is 0 Å². The van der Waals surface area contributed by atoms with Crippen molar-refractivity contribution in [1.29, 1.82) is 0 Å². The first-order valence-electron chi connectivity index (χ1n) is 4.39. The predicted molar refractivity (Wildman–Crippen MR) is 45.9 cm³/mol. The Bertz CT molecular complexity index is 157. The number of nitrogens with one attached hydrogen (secondary N) is 1. The van der Waals surface area contributed by atoms with Crippen molar-refractivity contribution in [3.05, 3.63) is 0 Å². The van der Waals surface area contributed by atoms with E-state index in [0.717, 1.165) is 0 Å². The van der Waals surface area contributed by atoms with Crippen molar-refractivity contribution >= 4 is 5.97 Å². The first-order chi connectivity index (χ1) is 5.68. The summed E-state index contributed by atoms with van der Waals surface area (Å²) in [7, 11) is 0. The third kappa shape index (κ3) is 3.19. The van der Waals surface area contributed by atoms with Gasteiger partial charge in [-0.3, -0.25) is 4.79 Å². The van der Waals surface area contributed by atoms with E-state index in [1.54, 1.807) is 0 Å². The maximum Gasteiger partial charge on any atom is 0.304 e. The minimum Gasteiger partial charge on any atom is -0.481 e. The summed E-state index contributed by atoms with van der Waals surface area (Å²) in [5, 5.41) is 11.6. The molecule has 4 heteroatoms. The van der Waals surface area contributed by atoms with E-state index in [1.807, 2.05) is 0 Å². The fourth-order valence-corrected chi connectivity index (χ4v) is 1.23. The van der Waals surface area contributed by atoms with Crippen LogP contribution in [-0.2, 0) is 4.79 Å². The van der Waals surface area contributed by atoms with Crippen LogP contribution in [0.4, 0.5) is 0 Å². The second-order valence-corrected chi connectivity index (χ2v) is 3.39. The van der Waals surface area contributed by atoms with Gasteiger partial charge in [0.05, 0.1) is 6.42 Å². The molecule has 1 unspecified atom stereocenters. The smallest absolute Gasteiger partial charge is 0.304 e. The third-order valence-electron chi connectivity index (χ3n) is 2.21. The molecule has 1 aliphatic carbocycles. The second-order valence-electron chi connectivity index (χ2n) is 3.39. The van der Waals surface area contributed by atoms with Gasteiger partial charge in [0, 0.05) is 18.6 Å². The van der Waals surface area contributed by atoms with E-state index in [0.29, 0.717) is 12.6 Å². The van der Waals surface area contributed by atoms with Gasteiger partial charge in [0.15, 0.2) is 0 Å². The highest BCUT2D eigenvalue weighted by Gasteiger charge is 2.17. The van der Waals surface area contributed by atoms with Crippen molar-refractivity contribution in [3.63, 3.8) is 0 Å². The Morgan fingerprint density at radius 1 is 1.67 bits per heavy atom. The molecule has 1 rings (SSSR count). The molecule has 0 aliphatic heterocycles. The molecule has 0 bridgehead atoms. The summed E-state index contributed by atoms with van der Waals surface area (Å²) >= 11 is 0. The van der Waals surface area contributed by atoms with Gasteiger partial charge in [-0.2, -0.15) is 0 Å². The Kier molecular flexibility index (Phi) is 3.49. The van der Waals surface area contributed by atoms with Gasteiger partial charge in [-0.1, -0.05) is 6.42 Å². The zero-order chi connectivity index (χ0) is 8.97. The van der Waals surface area contributed by atoms with Crippen LogP contribution in [0.1, 0.15) is 25.7 Å². The van der Waals surface area contributed by atoms with Crippen molar-refractivity contribution < 1.29 is 9.90 Å². The maximum atomic E-state index is 10.2. The fourth-order valence-electron chi connectivity index (χ4n) is 1.23. The zero-order valence-electron chi connectivity index (χ0n) is 7.12. The standard InChI is InChI=1S/C8H16N2O2/c9-6(4-8(11)12)5-10-7-2-1-3-7/h6-7,10H,1-5,9H2,(H,11,12). The Balaban J connectivity index is 2.00. The number of nitrogens with two attached hydrogens (primary N) is 1. The van der Waals surface area contributed by atoms with Crippen molar-refractivity contribution in [2.75, 3.05) is 6.54 Å². The number of carboxylic acids is 1. The first-order valence-corrected chi connectivity index (χ1v) is 4.39. The average Bonchev–Trinajstić information content (AvgIpc) is 1.81. The summed E-state index contributed by atoms with van der Waals surface area (Å²) in [6, 6.07) is 0.341. The Hall–Kier alpha value is -0.610. The number of hydrogen-bond donors (Lipinski definition) is 3. The zero-order valence-corrected chi connectivity index (χ0v) is 7.12. The monoisotopic (exact) mass is 172 g/mol. The highest BCUT2D eigenvalue weighted by Crippen LogP contribution is 2.17. The van der Waals surface area contributed by atoms with Crippen molar-refractivity contribution in [2.45, 2.75) is 37.8 Å². The molecule has 0 radical (unpaired) electrons. The number of carbonyl (C=O) groups is 1. The minimum atomic E-state index is -0.821. The molecule has 1 saturated carbocycles. The summed E-state index contributed by atoms with van der Waals surface area (Å²) in [4.78, 5) is 10.2. The van der Waals surface area contributed by atoms with Crippen LogP contribution in [-0.4, -0.2) is 29.7 Å². The van der Waals surface area contributed by atoms with Crippen LogP contribution in [0, 0.1) is 0 Å². The van der Waals surface area contributed by atoms with E-state index < -0.39 is 5.97 Å². The van der Waals surface area contributed by atoms with Gasteiger partial charge < -0.3 is 16.2 Å². The van der Waals surface area contributed by atoms with Crippen LogP contribution in [0.3, 0.4) is 0 Å². The molecule has 0 aromatic carbocycles. The molecule has 0 amide bonds. The number of hydrogen-bond acceptors (Lipinski definition) is 3. The Morgan fingerprint density at radius 2 is 2.33 bits per heavy atom. The lowest BCUT2D eigenvalue weighted by atomic mass is 9.93. The Morgan fingerprint density at radius 3 is 2.75 bits per heavy atom. The summed E-state index contributed by atoms with van der Waals surface area (Å²) in [5.41, 5.74) is 5.56. The van der Waals surface area contributed by atoms with Gasteiger partial charge in [-0.25, -0.2) is 0 Å². The van der Waals surface area contributed by atoms with Crippen LogP contribution in [0.5, 0.6) is 0 Å². The molecular weight excluding hydrogens is 156 g/mol. The van der Waals surface area contributed by atoms with Crippen LogP contribution in [0.25, 0.3) is 0 Å². The molecule has 12 heavy (non-hydrogen) atoms. The quantitative estimate of drug-likeness (QED) is 0.542. The van der Waals surface area contributed by atoms with Crippen molar-refractivity contribution in [2.24, 2.45) is 5.73 Å². The van der Waals surface area contributed by atoms with E-state index >= 15 is 0 Å². The van der Waals surface area contributed by atoms with Crippen LogP contribution in [0.15, 0.2) is 0 Å². The van der Waals surface area contributed by atoms with Gasteiger partial charge in [0.25, 0.3) is 0 Å². The normalized spacial score (nSPS) is 20.1. The van der Waals surface area contributed by atoms with Gasteiger partial charge in [-0.15, -0.1) is 0 Å². The van der Waals surface area contributed by atoms with E-state index in [9.17, 15) is 4.79 Å².